The number of carbonyl (C=O) groups excluding carboxylic acids is 3. The minimum atomic E-state index is -1.51. The number of methoxy groups -OCH3 is 1. The number of rotatable bonds is 4. The fourth-order valence-corrected chi connectivity index (χ4v) is 4.07. The molecule has 2 heterocycles. The zero-order valence-corrected chi connectivity index (χ0v) is 17.6. The van der Waals surface area contributed by atoms with Crippen LogP contribution in [0.15, 0.2) is 57.7 Å². The van der Waals surface area contributed by atoms with Gasteiger partial charge in [-0.2, -0.15) is 0 Å². The zero-order chi connectivity index (χ0) is 23.2. The Kier molecular flexibility index (Phi) is 5.17. The second-order valence-electron chi connectivity index (χ2n) is 7.42. The lowest BCUT2D eigenvalue weighted by Crippen LogP contribution is -2.58. The largest absolute Gasteiger partial charge is 0.507 e. The molecule has 1 saturated heterocycles. The Morgan fingerprint density at radius 2 is 1.53 bits per heavy atom. The molecule has 1 fully saturated rings. The summed E-state index contributed by atoms with van der Waals surface area (Å²) in [6.07, 6.45) is 0. The minimum Gasteiger partial charge on any atom is -0.507 e. The Morgan fingerprint density at radius 1 is 0.938 bits per heavy atom. The van der Waals surface area contributed by atoms with Crippen molar-refractivity contribution in [3.63, 3.8) is 0 Å². The van der Waals surface area contributed by atoms with Gasteiger partial charge in [0.15, 0.2) is 0 Å². The number of aromatic hydroxyl groups is 1. The van der Waals surface area contributed by atoms with Crippen LogP contribution < -0.4 is 10.4 Å². The molecular weight excluding hydrogens is 416 g/mol. The predicted octanol–water partition coefficient (Wildman–Crippen LogP) is 2.31. The molecule has 0 radical (unpaired) electrons. The molecule has 9 nitrogen and oxygen atoms in total. The number of nitrogens with zero attached hydrogens (tertiary/aromatic N) is 2. The van der Waals surface area contributed by atoms with Crippen molar-refractivity contribution in [1.29, 1.82) is 0 Å². The molecule has 1 aromatic heterocycles. The van der Waals surface area contributed by atoms with E-state index in [-0.39, 0.29) is 16.5 Å². The van der Waals surface area contributed by atoms with Crippen LogP contribution in [0.1, 0.15) is 17.0 Å². The molecule has 1 N–H and O–H groups in total. The van der Waals surface area contributed by atoms with Gasteiger partial charge in [0.25, 0.3) is 0 Å². The van der Waals surface area contributed by atoms with E-state index >= 15 is 0 Å². The first-order valence-electron chi connectivity index (χ1n) is 9.74. The molecule has 3 aromatic rings. The fraction of sp³-hybridized carbons (Fsp3) is 0.217. The van der Waals surface area contributed by atoms with E-state index in [1.54, 1.807) is 42.5 Å². The van der Waals surface area contributed by atoms with Gasteiger partial charge in [-0.25, -0.2) is 9.59 Å². The summed E-state index contributed by atoms with van der Waals surface area (Å²) in [5.74, 6) is -4.50. The van der Waals surface area contributed by atoms with Crippen molar-refractivity contribution in [3.05, 3.63) is 70.1 Å². The van der Waals surface area contributed by atoms with Crippen molar-refractivity contribution < 1.29 is 28.6 Å². The number of barbiturate groups is 1. The van der Waals surface area contributed by atoms with E-state index in [9.17, 15) is 24.3 Å². The van der Waals surface area contributed by atoms with Crippen molar-refractivity contribution in [3.8, 4) is 11.5 Å². The Bertz CT molecular complexity index is 1290. The van der Waals surface area contributed by atoms with Gasteiger partial charge >= 0.3 is 11.7 Å². The molecule has 4 amide bonds. The monoisotopic (exact) mass is 436 g/mol. The molecule has 164 valence electrons. The van der Waals surface area contributed by atoms with E-state index in [1.165, 1.54) is 27.3 Å². The van der Waals surface area contributed by atoms with Crippen LogP contribution >= 0.6 is 0 Å². The highest BCUT2D eigenvalue weighted by Crippen LogP contribution is 2.43. The minimum absolute atomic E-state index is 0.156. The summed E-state index contributed by atoms with van der Waals surface area (Å²) >= 11 is 0. The first-order valence-corrected chi connectivity index (χ1v) is 9.74. The lowest BCUT2D eigenvalue weighted by molar-refractivity contribution is -0.148. The third-order valence-corrected chi connectivity index (χ3v) is 5.71. The summed E-state index contributed by atoms with van der Waals surface area (Å²) in [5.41, 5.74) is -0.699. The Morgan fingerprint density at radius 3 is 2.19 bits per heavy atom. The maximum Gasteiger partial charge on any atom is 0.343 e. The first-order chi connectivity index (χ1) is 15.3. The molecule has 0 saturated carbocycles. The van der Waals surface area contributed by atoms with Gasteiger partial charge in [0, 0.05) is 25.6 Å². The molecule has 32 heavy (non-hydrogen) atoms. The molecular formula is C23H20N2O7. The topological polar surface area (TPSA) is 117 Å². The third kappa shape index (κ3) is 3.09. The molecule has 1 aliphatic heterocycles. The van der Waals surface area contributed by atoms with Crippen LogP contribution in [0.5, 0.6) is 11.5 Å². The van der Waals surface area contributed by atoms with Gasteiger partial charge in [0.05, 0.1) is 18.1 Å². The van der Waals surface area contributed by atoms with Gasteiger partial charge in [0.1, 0.15) is 23.0 Å². The lowest BCUT2D eigenvalue weighted by Gasteiger charge is -2.36. The van der Waals surface area contributed by atoms with Crippen LogP contribution in [-0.2, 0) is 9.59 Å². The standard InChI is InChI=1S/C23H20N2O7/c1-24-20(27)18(21(28)25(2)23(24)30)16(12-8-4-6-10-14(12)31-3)17-19(26)13-9-5-7-11-15(13)32-22(17)29/h4-11,16,18,26H,1-3H3. The van der Waals surface area contributed by atoms with E-state index in [4.69, 9.17) is 9.15 Å². The van der Waals surface area contributed by atoms with Crippen LogP contribution in [0.3, 0.4) is 0 Å². The summed E-state index contributed by atoms with van der Waals surface area (Å²) < 4.78 is 10.8. The third-order valence-electron chi connectivity index (χ3n) is 5.71. The maximum atomic E-state index is 13.2. The maximum absolute atomic E-state index is 13.2. The highest BCUT2D eigenvalue weighted by atomic mass is 16.5. The van der Waals surface area contributed by atoms with Gasteiger partial charge in [-0.3, -0.25) is 19.4 Å². The lowest BCUT2D eigenvalue weighted by atomic mass is 9.78. The van der Waals surface area contributed by atoms with Crippen molar-refractivity contribution in [2.45, 2.75) is 5.92 Å². The number of ether oxygens (including phenoxy) is 1. The van der Waals surface area contributed by atoms with E-state index < -0.39 is 41.1 Å². The van der Waals surface area contributed by atoms with Crippen LogP contribution in [0.4, 0.5) is 4.79 Å². The molecule has 2 aromatic carbocycles. The molecule has 1 unspecified atom stereocenters. The quantitative estimate of drug-likeness (QED) is 0.493. The predicted molar refractivity (Wildman–Crippen MR) is 113 cm³/mol. The highest BCUT2D eigenvalue weighted by molar-refractivity contribution is 6.16. The summed E-state index contributed by atoms with van der Waals surface area (Å²) in [6.45, 7) is 0. The Hall–Kier alpha value is -4.14. The van der Waals surface area contributed by atoms with Crippen LogP contribution in [0.2, 0.25) is 0 Å². The van der Waals surface area contributed by atoms with Gasteiger partial charge in [-0.15, -0.1) is 0 Å². The van der Waals surface area contributed by atoms with Gasteiger partial charge < -0.3 is 14.3 Å². The number of fused-ring (bicyclic) bond motifs is 1. The highest BCUT2D eigenvalue weighted by Gasteiger charge is 2.49. The van der Waals surface area contributed by atoms with Crippen molar-refractivity contribution >= 4 is 28.8 Å². The summed E-state index contributed by atoms with van der Waals surface area (Å²) in [7, 11) is 3.91. The number of hydrogen-bond donors (Lipinski definition) is 1. The Balaban J connectivity index is 2.06. The average Bonchev–Trinajstić information content (AvgIpc) is 2.80. The fourth-order valence-electron chi connectivity index (χ4n) is 4.07. The van der Waals surface area contributed by atoms with Crippen molar-refractivity contribution in [2.24, 2.45) is 5.92 Å². The van der Waals surface area contributed by atoms with Crippen LogP contribution in [0.25, 0.3) is 11.0 Å². The molecule has 1 atom stereocenters. The summed E-state index contributed by atoms with van der Waals surface area (Å²) in [5, 5.41) is 11.3. The van der Waals surface area contributed by atoms with Crippen LogP contribution in [-0.4, -0.2) is 54.0 Å². The molecule has 0 aliphatic carbocycles. The molecule has 4 rings (SSSR count). The van der Waals surface area contributed by atoms with Gasteiger partial charge in [-0.1, -0.05) is 30.3 Å². The SMILES string of the molecule is COc1ccccc1C(c1c(O)c2ccccc2oc1=O)C1C(=O)N(C)C(=O)N(C)C1=O. The number of amides is 4. The Labute approximate surface area is 182 Å². The van der Waals surface area contributed by atoms with Gasteiger partial charge in [-0.05, 0) is 18.2 Å². The van der Waals surface area contributed by atoms with E-state index in [0.29, 0.717) is 11.3 Å². The van der Waals surface area contributed by atoms with Gasteiger partial charge in [0.2, 0.25) is 11.8 Å². The van der Waals surface area contributed by atoms with Crippen molar-refractivity contribution in [1.82, 2.24) is 9.80 Å². The smallest absolute Gasteiger partial charge is 0.343 e. The second-order valence-corrected chi connectivity index (χ2v) is 7.42. The van der Waals surface area contributed by atoms with E-state index in [2.05, 4.69) is 0 Å². The number of carbonyl (C=O) groups is 3. The van der Waals surface area contributed by atoms with Crippen LogP contribution in [0, 0.1) is 5.92 Å². The number of imide groups is 2. The number of benzene rings is 2. The molecule has 9 heteroatoms. The zero-order valence-electron chi connectivity index (χ0n) is 17.6. The summed E-state index contributed by atoms with van der Waals surface area (Å²) in [6, 6.07) is 12.1. The van der Waals surface area contributed by atoms with E-state index in [0.717, 1.165) is 9.80 Å². The second kappa shape index (κ2) is 7.84. The molecule has 0 bridgehead atoms. The molecule has 0 spiro atoms. The number of urea groups is 1. The number of para-hydroxylation sites is 2. The summed E-state index contributed by atoms with van der Waals surface area (Å²) in [4.78, 5) is 53.3. The first kappa shape index (κ1) is 21.1. The normalized spacial score (nSPS) is 16.0. The molecule has 1 aliphatic rings. The van der Waals surface area contributed by atoms with Crippen molar-refractivity contribution in [2.75, 3.05) is 21.2 Å². The average molecular weight is 436 g/mol. The number of hydrogen-bond acceptors (Lipinski definition) is 7. The van der Waals surface area contributed by atoms with E-state index in [1.807, 2.05) is 0 Å².